The average Bonchev–Trinajstić information content (AvgIpc) is 2.46. The number of ether oxygens (including phenoxy) is 1. The number of benzene rings is 2. The van der Waals surface area contributed by atoms with Crippen LogP contribution < -0.4 is 5.32 Å². The van der Waals surface area contributed by atoms with E-state index >= 15 is 0 Å². The van der Waals surface area contributed by atoms with Crippen LogP contribution in [0.3, 0.4) is 0 Å². The second-order valence-corrected chi connectivity index (χ2v) is 5.64. The van der Waals surface area contributed by atoms with Crippen molar-refractivity contribution < 1.29 is 13.9 Å². The number of halogens is 2. The van der Waals surface area contributed by atoms with Gasteiger partial charge in [-0.2, -0.15) is 0 Å². The SMILES string of the molecule is COCCc1ccccc1NC(=O)c1ccc(F)cc1I. The molecule has 21 heavy (non-hydrogen) atoms. The first kappa shape index (κ1) is 15.9. The smallest absolute Gasteiger partial charge is 0.256 e. The summed E-state index contributed by atoms with van der Waals surface area (Å²) in [5.41, 5.74) is 2.21. The van der Waals surface area contributed by atoms with E-state index in [0.717, 1.165) is 11.3 Å². The minimum atomic E-state index is -0.351. The van der Waals surface area contributed by atoms with E-state index in [2.05, 4.69) is 5.32 Å². The van der Waals surface area contributed by atoms with Gasteiger partial charge in [-0.05, 0) is 58.8 Å². The van der Waals surface area contributed by atoms with Crippen LogP contribution in [0.5, 0.6) is 0 Å². The van der Waals surface area contributed by atoms with Gasteiger partial charge < -0.3 is 10.1 Å². The van der Waals surface area contributed by atoms with Crippen LogP contribution in [0.4, 0.5) is 10.1 Å². The number of para-hydroxylation sites is 1. The van der Waals surface area contributed by atoms with Crippen molar-refractivity contribution in [2.75, 3.05) is 19.0 Å². The quantitative estimate of drug-likeness (QED) is 0.776. The van der Waals surface area contributed by atoms with Crippen molar-refractivity contribution in [2.45, 2.75) is 6.42 Å². The largest absolute Gasteiger partial charge is 0.384 e. The number of rotatable bonds is 5. The van der Waals surface area contributed by atoms with E-state index in [0.29, 0.717) is 22.2 Å². The average molecular weight is 399 g/mol. The van der Waals surface area contributed by atoms with Gasteiger partial charge >= 0.3 is 0 Å². The van der Waals surface area contributed by atoms with E-state index in [1.54, 1.807) is 7.11 Å². The van der Waals surface area contributed by atoms with Crippen molar-refractivity contribution in [2.24, 2.45) is 0 Å². The first-order chi connectivity index (χ1) is 10.1. The summed E-state index contributed by atoms with van der Waals surface area (Å²) in [7, 11) is 1.64. The van der Waals surface area contributed by atoms with Crippen LogP contribution in [0.1, 0.15) is 15.9 Å². The first-order valence-electron chi connectivity index (χ1n) is 6.45. The summed E-state index contributed by atoms with van der Waals surface area (Å²) in [5.74, 6) is -0.597. The molecule has 0 aromatic heterocycles. The normalized spacial score (nSPS) is 10.4. The number of nitrogens with one attached hydrogen (secondary N) is 1. The standard InChI is InChI=1S/C16H15FINO2/c1-21-9-8-11-4-2-3-5-15(11)19-16(20)13-7-6-12(17)10-14(13)18/h2-7,10H,8-9H2,1H3,(H,19,20). The molecular formula is C16H15FINO2. The predicted molar refractivity (Wildman–Crippen MR) is 89.1 cm³/mol. The molecule has 0 saturated heterocycles. The van der Waals surface area contributed by atoms with Crippen molar-refractivity contribution >= 4 is 34.2 Å². The van der Waals surface area contributed by atoms with Gasteiger partial charge in [0.1, 0.15) is 5.82 Å². The minimum Gasteiger partial charge on any atom is -0.384 e. The molecule has 0 fully saturated rings. The molecule has 0 atom stereocenters. The molecule has 0 aliphatic heterocycles. The highest BCUT2D eigenvalue weighted by atomic mass is 127. The third-order valence-electron chi connectivity index (χ3n) is 3.02. The molecule has 1 amide bonds. The Morgan fingerprint density at radius 2 is 2.05 bits per heavy atom. The Hall–Kier alpha value is -1.47. The molecule has 2 aromatic rings. The third-order valence-corrected chi connectivity index (χ3v) is 3.91. The van der Waals surface area contributed by atoms with E-state index < -0.39 is 0 Å². The maximum atomic E-state index is 13.1. The Kier molecular flexibility index (Phi) is 5.69. The first-order valence-corrected chi connectivity index (χ1v) is 7.53. The van der Waals surface area contributed by atoms with Gasteiger partial charge in [-0.3, -0.25) is 4.79 Å². The molecular weight excluding hydrogens is 384 g/mol. The Morgan fingerprint density at radius 3 is 2.76 bits per heavy atom. The summed E-state index contributed by atoms with van der Waals surface area (Å²) in [6, 6.07) is 11.7. The van der Waals surface area contributed by atoms with Gasteiger partial charge in [0.15, 0.2) is 0 Å². The molecule has 110 valence electrons. The Labute approximate surface area is 136 Å². The second-order valence-electron chi connectivity index (χ2n) is 4.48. The van der Waals surface area contributed by atoms with Gasteiger partial charge in [0.2, 0.25) is 0 Å². The van der Waals surface area contributed by atoms with Crippen LogP contribution in [0.15, 0.2) is 42.5 Å². The van der Waals surface area contributed by atoms with Gasteiger partial charge in [0.25, 0.3) is 5.91 Å². The number of anilines is 1. The zero-order chi connectivity index (χ0) is 15.2. The van der Waals surface area contributed by atoms with Crippen molar-refractivity contribution in [1.82, 2.24) is 0 Å². The van der Waals surface area contributed by atoms with Gasteiger partial charge in [-0.1, -0.05) is 18.2 Å². The molecule has 0 aliphatic rings. The van der Waals surface area contributed by atoms with Crippen LogP contribution in [0, 0.1) is 9.39 Å². The van der Waals surface area contributed by atoms with E-state index in [1.165, 1.54) is 18.2 Å². The second kappa shape index (κ2) is 7.51. The highest BCUT2D eigenvalue weighted by Gasteiger charge is 2.12. The summed E-state index contributed by atoms with van der Waals surface area (Å²) in [6.45, 7) is 0.584. The topological polar surface area (TPSA) is 38.3 Å². The van der Waals surface area contributed by atoms with Gasteiger partial charge in [-0.15, -0.1) is 0 Å². The number of methoxy groups -OCH3 is 1. The lowest BCUT2D eigenvalue weighted by Crippen LogP contribution is -2.15. The summed E-state index contributed by atoms with van der Waals surface area (Å²) >= 11 is 1.95. The van der Waals surface area contributed by atoms with Gasteiger partial charge in [0.05, 0.1) is 12.2 Å². The Bertz CT molecular complexity index is 646. The van der Waals surface area contributed by atoms with Crippen molar-refractivity contribution in [3.8, 4) is 0 Å². The number of carbonyl (C=O) groups is 1. The fourth-order valence-electron chi connectivity index (χ4n) is 1.94. The molecule has 0 bridgehead atoms. The lowest BCUT2D eigenvalue weighted by molar-refractivity contribution is 0.102. The number of hydrogen-bond acceptors (Lipinski definition) is 2. The third kappa shape index (κ3) is 4.25. The van der Waals surface area contributed by atoms with Gasteiger partial charge in [0, 0.05) is 16.4 Å². The van der Waals surface area contributed by atoms with E-state index in [-0.39, 0.29) is 11.7 Å². The van der Waals surface area contributed by atoms with Crippen LogP contribution in [0.2, 0.25) is 0 Å². The maximum absolute atomic E-state index is 13.1. The Morgan fingerprint density at radius 1 is 1.29 bits per heavy atom. The molecule has 3 nitrogen and oxygen atoms in total. The molecule has 1 N–H and O–H groups in total. The van der Waals surface area contributed by atoms with Crippen molar-refractivity contribution in [1.29, 1.82) is 0 Å². The van der Waals surface area contributed by atoms with Crippen molar-refractivity contribution in [3.63, 3.8) is 0 Å². The highest BCUT2D eigenvalue weighted by Crippen LogP contribution is 2.19. The zero-order valence-electron chi connectivity index (χ0n) is 11.5. The summed E-state index contributed by atoms with van der Waals surface area (Å²) in [4.78, 5) is 12.3. The summed E-state index contributed by atoms with van der Waals surface area (Å²) in [6.07, 6.45) is 0.716. The molecule has 5 heteroatoms. The van der Waals surface area contributed by atoms with E-state index in [4.69, 9.17) is 4.74 Å². The summed E-state index contributed by atoms with van der Waals surface area (Å²) < 4.78 is 18.7. The van der Waals surface area contributed by atoms with Gasteiger partial charge in [-0.25, -0.2) is 4.39 Å². The molecule has 0 unspecified atom stereocenters. The number of hydrogen-bond donors (Lipinski definition) is 1. The predicted octanol–water partition coefficient (Wildman–Crippen LogP) is 3.87. The number of amides is 1. The number of carbonyl (C=O) groups excluding carboxylic acids is 1. The maximum Gasteiger partial charge on any atom is 0.256 e. The van der Waals surface area contributed by atoms with Crippen LogP contribution in [0.25, 0.3) is 0 Å². The highest BCUT2D eigenvalue weighted by molar-refractivity contribution is 14.1. The fraction of sp³-hybridized carbons (Fsp3) is 0.188. The molecule has 0 saturated carbocycles. The van der Waals surface area contributed by atoms with Crippen LogP contribution in [-0.2, 0) is 11.2 Å². The van der Waals surface area contributed by atoms with E-state index in [9.17, 15) is 9.18 Å². The fourth-order valence-corrected chi connectivity index (χ4v) is 2.66. The molecule has 0 heterocycles. The molecule has 0 radical (unpaired) electrons. The van der Waals surface area contributed by atoms with E-state index in [1.807, 2.05) is 46.9 Å². The van der Waals surface area contributed by atoms with Crippen LogP contribution >= 0.6 is 22.6 Å². The molecule has 2 aromatic carbocycles. The lowest BCUT2D eigenvalue weighted by Gasteiger charge is -2.11. The van der Waals surface area contributed by atoms with Crippen molar-refractivity contribution in [3.05, 3.63) is 63.0 Å². The molecule has 0 spiro atoms. The van der Waals surface area contributed by atoms with Crippen LogP contribution in [-0.4, -0.2) is 19.6 Å². The molecule has 2 rings (SSSR count). The Balaban J connectivity index is 2.19. The lowest BCUT2D eigenvalue weighted by atomic mass is 10.1. The zero-order valence-corrected chi connectivity index (χ0v) is 13.7. The monoisotopic (exact) mass is 399 g/mol. The molecule has 0 aliphatic carbocycles. The summed E-state index contributed by atoms with van der Waals surface area (Å²) in [5, 5.41) is 2.87. The minimum absolute atomic E-state index is 0.246.